The lowest BCUT2D eigenvalue weighted by molar-refractivity contribution is 0.415. The van der Waals surface area contributed by atoms with Crippen LogP contribution >= 0.6 is 22.7 Å². The Morgan fingerprint density at radius 3 is 1.24 bits per heavy atom. The van der Waals surface area contributed by atoms with E-state index in [0.717, 1.165) is 43.7 Å². The average Bonchev–Trinajstić information content (AvgIpc) is 3.54. The van der Waals surface area contributed by atoms with E-state index in [9.17, 15) is 0 Å². The van der Waals surface area contributed by atoms with Gasteiger partial charge >= 0.3 is 0 Å². The average molecular weight is 483 g/mol. The number of nitrogens with zero attached hydrogens (tertiary/aromatic N) is 2. The summed E-state index contributed by atoms with van der Waals surface area (Å²) in [6.07, 6.45) is 0. The first-order chi connectivity index (χ1) is 16.7. The molecule has 0 saturated carbocycles. The molecule has 0 unspecified atom stereocenters. The second-order valence-electron chi connectivity index (χ2n) is 7.43. The molecule has 0 aliphatic rings. The Morgan fingerprint density at radius 1 is 0.500 bits per heavy atom. The van der Waals surface area contributed by atoms with Gasteiger partial charge in [-0.05, 0) is 72.8 Å². The molecule has 0 atom stereocenters. The minimum absolute atomic E-state index is 0.870. The third-order valence-corrected chi connectivity index (χ3v) is 7.43. The van der Waals surface area contributed by atoms with Crippen LogP contribution in [0, 0.1) is 0 Å². The maximum Gasteiger partial charge on any atom is 0.124 e. The van der Waals surface area contributed by atoms with E-state index < -0.39 is 0 Å². The van der Waals surface area contributed by atoms with Crippen molar-refractivity contribution in [3.63, 3.8) is 0 Å². The zero-order valence-electron chi connectivity index (χ0n) is 18.8. The normalized spacial score (nSPS) is 10.6. The summed E-state index contributed by atoms with van der Waals surface area (Å²) >= 11 is 3.42. The summed E-state index contributed by atoms with van der Waals surface area (Å²) in [4.78, 5) is 9.23. The summed E-state index contributed by atoms with van der Waals surface area (Å²) in [5.74, 6) is 1.74. The molecule has 0 aliphatic heterocycles. The molecule has 0 spiro atoms. The van der Waals surface area contributed by atoms with E-state index in [0.29, 0.717) is 0 Å². The highest BCUT2D eigenvalue weighted by molar-refractivity contribution is 7.22. The molecule has 2 heterocycles. The van der Waals surface area contributed by atoms with Crippen molar-refractivity contribution in [2.24, 2.45) is 0 Å². The lowest BCUT2D eigenvalue weighted by Gasteiger charge is -1.99. The monoisotopic (exact) mass is 482 g/mol. The van der Waals surface area contributed by atoms with Gasteiger partial charge in [-0.3, -0.25) is 0 Å². The smallest absolute Gasteiger partial charge is 0.124 e. The number of para-hydroxylation sites is 2. The minimum Gasteiger partial charge on any atom is -0.497 e. The molecule has 0 N–H and O–H groups in total. The van der Waals surface area contributed by atoms with Crippen LogP contribution in [0.1, 0.15) is 0 Å². The Kier molecular flexibility index (Phi) is 6.51. The van der Waals surface area contributed by atoms with E-state index in [4.69, 9.17) is 9.47 Å². The first-order valence-electron chi connectivity index (χ1n) is 10.7. The first-order valence-corrected chi connectivity index (χ1v) is 12.4. The van der Waals surface area contributed by atoms with Crippen LogP contribution in [-0.4, -0.2) is 24.2 Å². The van der Waals surface area contributed by atoms with Crippen LogP contribution in [0.4, 0.5) is 0 Å². The zero-order valence-corrected chi connectivity index (χ0v) is 20.4. The second kappa shape index (κ2) is 10.0. The van der Waals surface area contributed by atoms with Gasteiger partial charge in [0.2, 0.25) is 0 Å². The lowest BCUT2D eigenvalue weighted by atomic mass is 10.2. The molecule has 0 bridgehead atoms. The largest absolute Gasteiger partial charge is 0.497 e. The molecular weight excluding hydrogens is 460 g/mol. The molecule has 0 aliphatic carbocycles. The van der Waals surface area contributed by atoms with Crippen molar-refractivity contribution in [2.75, 3.05) is 14.2 Å². The van der Waals surface area contributed by atoms with Gasteiger partial charge in [0.1, 0.15) is 21.5 Å². The van der Waals surface area contributed by atoms with Crippen LogP contribution in [0.15, 0.2) is 97.1 Å². The molecule has 0 amide bonds. The Balaban J connectivity index is 0.000000142. The van der Waals surface area contributed by atoms with Gasteiger partial charge in [-0.1, -0.05) is 24.3 Å². The third-order valence-electron chi connectivity index (χ3n) is 5.26. The summed E-state index contributed by atoms with van der Waals surface area (Å²) in [7, 11) is 3.35. The molecule has 0 radical (unpaired) electrons. The van der Waals surface area contributed by atoms with Crippen LogP contribution in [0.3, 0.4) is 0 Å². The molecular formula is C28H22N2O2S2. The van der Waals surface area contributed by atoms with Gasteiger partial charge in [0, 0.05) is 11.1 Å². The number of fused-ring (bicyclic) bond motifs is 2. The highest BCUT2D eigenvalue weighted by Gasteiger charge is 2.06. The zero-order chi connectivity index (χ0) is 23.3. The highest BCUT2D eigenvalue weighted by atomic mass is 32.1. The van der Waals surface area contributed by atoms with Gasteiger partial charge in [0.05, 0.1) is 34.7 Å². The summed E-state index contributed by atoms with van der Waals surface area (Å²) in [6.45, 7) is 0. The van der Waals surface area contributed by atoms with Crippen molar-refractivity contribution in [2.45, 2.75) is 0 Å². The summed E-state index contributed by atoms with van der Waals surface area (Å²) < 4.78 is 12.7. The topological polar surface area (TPSA) is 44.2 Å². The molecule has 4 nitrogen and oxygen atoms in total. The van der Waals surface area contributed by atoms with Gasteiger partial charge < -0.3 is 9.47 Å². The van der Waals surface area contributed by atoms with Crippen LogP contribution in [0.25, 0.3) is 41.6 Å². The fourth-order valence-corrected chi connectivity index (χ4v) is 5.40. The highest BCUT2D eigenvalue weighted by Crippen LogP contribution is 2.31. The number of aromatic nitrogens is 2. The second-order valence-corrected chi connectivity index (χ2v) is 9.49. The Labute approximate surface area is 206 Å². The van der Waals surface area contributed by atoms with Crippen LogP contribution < -0.4 is 9.47 Å². The molecule has 6 heteroatoms. The molecule has 0 saturated heterocycles. The van der Waals surface area contributed by atoms with Crippen molar-refractivity contribution in [3.8, 4) is 32.6 Å². The molecule has 34 heavy (non-hydrogen) atoms. The van der Waals surface area contributed by atoms with E-state index in [1.54, 1.807) is 36.9 Å². The SMILES string of the molecule is COc1ccc(-c2nc3ccccc3s2)cc1.COc1ccc(-c2nc3ccccc3s2)cc1. The van der Waals surface area contributed by atoms with E-state index >= 15 is 0 Å². The minimum atomic E-state index is 0.870. The third kappa shape index (κ3) is 4.78. The van der Waals surface area contributed by atoms with Gasteiger partial charge in [-0.2, -0.15) is 0 Å². The van der Waals surface area contributed by atoms with Crippen molar-refractivity contribution >= 4 is 43.1 Å². The van der Waals surface area contributed by atoms with Crippen LogP contribution in [0.2, 0.25) is 0 Å². The lowest BCUT2D eigenvalue weighted by Crippen LogP contribution is -1.81. The summed E-state index contributed by atoms with van der Waals surface area (Å²) in [6, 6.07) is 32.4. The van der Waals surface area contributed by atoms with Gasteiger partial charge in [-0.25, -0.2) is 9.97 Å². The van der Waals surface area contributed by atoms with E-state index in [1.165, 1.54) is 9.40 Å². The quantitative estimate of drug-likeness (QED) is 0.256. The number of methoxy groups -OCH3 is 2. The molecule has 4 aromatic carbocycles. The summed E-state index contributed by atoms with van der Waals surface area (Å²) in [5, 5.41) is 2.10. The fourth-order valence-electron chi connectivity index (χ4n) is 3.46. The Bertz CT molecular complexity index is 1340. The Morgan fingerprint density at radius 2 is 0.882 bits per heavy atom. The van der Waals surface area contributed by atoms with Gasteiger partial charge in [0.25, 0.3) is 0 Å². The van der Waals surface area contributed by atoms with Crippen molar-refractivity contribution in [1.29, 1.82) is 0 Å². The van der Waals surface area contributed by atoms with Crippen molar-refractivity contribution in [3.05, 3.63) is 97.1 Å². The first kappa shape index (κ1) is 22.1. The van der Waals surface area contributed by atoms with Crippen molar-refractivity contribution in [1.82, 2.24) is 9.97 Å². The number of hydrogen-bond donors (Lipinski definition) is 0. The number of thiazole rings is 2. The van der Waals surface area contributed by atoms with Gasteiger partial charge in [-0.15, -0.1) is 22.7 Å². The van der Waals surface area contributed by atoms with Crippen molar-refractivity contribution < 1.29 is 9.47 Å². The standard InChI is InChI=1S/2C14H11NOS/c2*1-16-11-8-6-10(7-9-11)14-15-12-4-2-3-5-13(12)17-14/h2*2-9H,1H3. The number of rotatable bonds is 4. The van der Waals surface area contributed by atoms with Gasteiger partial charge in [0.15, 0.2) is 0 Å². The predicted octanol–water partition coefficient (Wildman–Crippen LogP) is 7.94. The fraction of sp³-hybridized carbons (Fsp3) is 0.0714. The van der Waals surface area contributed by atoms with E-state index in [-0.39, 0.29) is 0 Å². The van der Waals surface area contributed by atoms with E-state index in [2.05, 4.69) is 22.1 Å². The molecule has 6 rings (SSSR count). The molecule has 168 valence electrons. The maximum absolute atomic E-state index is 5.15. The number of ether oxygens (including phenoxy) is 2. The van der Waals surface area contributed by atoms with Crippen LogP contribution in [-0.2, 0) is 0 Å². The van der Waals surface area contributed by atoms with E-state index in [1.807, 2.05) is 84.9 Å². The predicted molar refractivity (Wildman–Crippen MR) is 143 cm³/mol. The number of hydrogen-bond acceptors (Lipinski definition) is 6. The number of benzene rings is 4. The molecule has 6 aromatic rings. The molecule has 2 aromatic heterocycles. The molecule has 0 fully saturated rings. The van der Waals surface area contributed by atoms with Crippen LogP contribution in [0.5, 0.6) is 11.5 Å². The summed E-state index contributed by atoms with van der Waals surface area (Å²) in [5.41, 5.74) is 4.38. The maximum atomic E-state index is 5.15. The Hall–Kier alpha value is -3.74.